The summed E-state index contributed by atoms with van der Waals surface area (Å²) in [6.45, 7) is 5.33. The van der Waals surface area contributed by atoms with Crippen LogP contribution < -0.4 is 9.47 Å². The summed E-state index contributed by atoms with van der Waals surface area (Å²) in [7, 11) is -3.56. The summed E-state index contributed by atoms with van der Waals surface area (Å²) in [5.74, 6) is 0.817. The summed E-state index contributed by atoms with van der Waals surface area (Å²) >= 11 is 0. The van der Waals surface area contributed by atoms with Crippen LogP contribution in [-0.4, -0.2) is 50.9 Å². The predicted molar refractivity (Wildman–Crippen MR) is 115 cm³/mol. The highest BCUT2D eigenvalue weighted by molar-refractivity contribution is 7.89. The first-order chi connectivity index (χ1) is 14.9. The number of rotatable bonds is 6. The third-order valence-electron chi connectivity index (χ3n) is 4.93. The van der Waals surface area contributed by atoms with E-state index in [1.807, 2.05) is 0 Å². The number of hydrogen-bond acceptors (Lipinski definition) is 7. The molecule has 9 heteroatoms. The van der Waals surface area contributed by atoms with Crippen molar-refractivity contribution in [1.82, 2.24) is 4.31 Å². The number of carbonyl (C=O) groups excluding carboxylic acids is 1. The van der Waals surface area contributed by atoms with Gasteiger partial charge in [-0.1, -0.05) is 19.9 Å². The summed E-state index contributed by atoms with van der Waals surface area (Å²) in [6, 6.07) is 11.5. The number of cyclic esters (lactones) is 1. The van der Waals surface area contributed by atoms with Crippen molar-refractivity contribution in [1.29, 1.82) is 0 Å². The van der Waals surface area contributed by atoms with Gasteiger partial charge in [-0.15, -0.1) is 0 Å². The number of nitrogens with zero attached hydrogens (tertiary/aromatic N) is 2. The van der Waals surface area contributed by atoms with Crippen LogP contribution in [0.3, 0.4) is 0 Å². The molecule has 0 saturated carbocycles. The molecule has 162 valence electrons. The second-order valence-corrected chi connectivity index (χ2v) is 8.79. The number of benzene rings is 2. The second kappa shape index (κ2) is 8.52. The smallest absolute Gasteiger partial charge is 0.363 e. The van der Waals surface area contributed by atoms with Crippen molar-refractivity contribution in [2.45, 2.75) is 18.7 Å². The van der Waals surface area contributed by atoms with E-state index in [4.69, 9.17) is 14.2 Å². The van der Waals surface area contributed by atoms with E-state index in [9.17, 15) is 13.2 Å². The summed E-state index contributed by atoms with van der Waals surface area (Å²) in [5.41, 5.74) is 1.38. The molecule has 8 nitrogen and oxygen atoms in total. The van der Waals surface area contributed by atoms with Gasteiger partial charge in [-0.05, 0) is 48.0 Å². The van der Waals surface area contributed by atoms with Crippen molar-refractivity contribution < 1.29 is 27.4 Å². The van der Waals surface area contributed by atoms with Gasteiger partial charge in [-0.3, -0.25) is 0 Å². The molecule has 0 fully saturated rings. The summed E-state index contributed by atoms with van der Waals surface area (Å²) in [6.07, 6.45) is 1.60. The van der Waals surface area contributed by atoms with Crippen LogP contribution in [0.2, 0.25) is 0 Å². The molecule has 0 aromatic heterocycles. The zero-order valence-electron chi connectivity index (χ0n) is 17.2. The van der Waals surface area contributed by atoms with Crippen molar-refractivity contribution in [3.8, 4) is 11.5 Å². The third kappa shape index (κ3) is 4.19. The van der Waals surface area contributed by atoms with Crippen molar-refractivity contribution in [2.75, 3.05) is 26.3 Å². The van der Waals surface area contributed by atoms with E-state index in [-0.39, 0.29) is 16.5 Å². The molecular weight excluding hydrogens is 420 g/mol. The van der Waals surface area contributed by atoms with Gasteiger partial charge in [-0.2, -0.15) is 4.31 Å². The van der Waals surface area contributed by atoms with Gasteiger partial charge in [0.25, 0.3) is 0 Å². The van der Waals surface area contributed by atoms with Gasteiger partial charge in [0, 0.05) is 18.7 Å². The topological polar surface area (TPSA) is 94.5 Å². The molecule has 0 N–H and O–H groups in total. The molecule has 0 bridgehead atoms. The number of ether oxygens (including phenoxy) is 3. The van der Waals surface area contributed by atoms with E-state index in [2.05, 4.69) is 4.99 Å². The van der Waals surface area contributed by atoms with Crippen LogP contribution in [0.1, 0.15) is 25.0 Å². The van der Waals surface area contributed by atoms with E-state index in [0.717, 1.165) is 5.56 Å². The first-order valence-corrected chi connectivity index (χ1v) is 11.4. The third-order valence-corrected chi connectivity index (χ3v) is 7.00. The largest absolute Gasteiger partial charge is 0.486 e. The quantitative estimate of drug-likeness (QED) is 0.504. The molecule has 2 aromatic rings. The Labute approximate surface area is 180 Å². The Morgan fingerprint density at radius 1 is 1.00 bits per heavy atom. The normalized spacial score (nSPS) is 17.1. The van der Waals surface area contributed by atoms with E-state index >= 15 is 0 Å². The summed E-state index contributed by atoms with van der Waals surface area (Å²) in [5, 5.41) is 0. The Morgan fingerprint density at radius 3 is 2.35 bits per heavy atom. The molecule has 2 heterocycles. The van der Waals surface area contributed by atoms with E-state index in [1.54, 1.807) is 50.3 Å². The number of aliphatic imine (C=N–C) groups is 1. The average Bonchev–Trinajstić information content (AvgIpc) is 3.14. The van der Waals surface area contributed by atoms with Gasteiger partial charge in [-0.25, -0.2) is 18.2 Å². The maximum atomic E-state index is 12.6. The number of carbonyl (C=O) groups is 1. The molecule has 0 radical (unpaired) electrons. The van der Waals surface area contributed by atoms with Crippen molar-refractivity contribution in [3.05, 3.63) is 59.3 Å². The minimum Gasteiger partial charge on any atom is -0.486 e. The fourth-order valence-electron chi connectivity index (χ4n) is 3.32. The number of hydrogen-bond donors (Lipinski definition) is 0. The first-order valence-electron chi connectivity index (χ1n) is 9.95. The lowest BCUT2D eigenvalue weighted by Gasteiger charge is -2.18. The molecule has 2 aliphatic rings. The van der Waals surface area contributed by atoms with Crippen LogP contribution in [0.4, 0.5) is 0 Å². The highest BCUT2D eigenvalue weighted by Crippen LogP contribution is 2.32. The van der Waals surface area contributed by atoms with Gasteiger partial charge in [0.15, 0.2) is 17.2 Å². The van der Waals surface area contributed by atoms with Crippen LogP contribution in [0.15, 0.2) is 58.0 Å². The lowest BCUT2D eigenvalue weighted by atomic mass is 10.1. The number of sulfonamides is 1. The monoisotopic (exact) mass is 442 g/mol. The Balaban J connectivity index is 1.58. The van der Waals surface area contributed by atoms with Crippen LogP contribution in [0.5, 0.6) is 11.5 Å². The molecule has 2 aromatic carbocycles. The minimum absolute atomic E-state index is 0.126. The highest BCUT2D eigenvalue weighted by Gasteiger charge is 2.26. The Kier molecular flexibility index (Phi) is 5.79. The predicted octanol–water partition coefficient (Wildman–Crippen LogP) is 2.83. The Bertz CT molecular complexity index is 1160. The van der Waals surface area contributed by atoms with Crippen molar-refractivity contribution in [3.63, 3.8) is 0 Å². The Morgan fingerprint density at radius 2 is 1.68 bits per heavy atom. The van der Waals surface area contributed by atoms with E-state index in [0.29, 0.717) is 43.4 Å². The van der Waals surface area contributed by atoms with Crippen molar-refractivity contribution >= 4 is 28.0 Å². The molecule has 0 saturated heterocycles. The maximum Gasteiger partial charge on any atom is 0.363 e. The zero-order chi connectivity index (χ0) is 22.0. The van der Waals surface area contributed by atoms with Crippen LogP contribution >= 0.6 is 0 Å². The number of esters is 1. The fraction of sp³-hybridized carbons (Fsp3) is 0.273. The lowest BCUT2D eigenvalue weighted by Crippen LogP contribution is -2.30. The molecule has 0 aliphatic carbocycles. The molecule has 0 spiro atoms. The van der Waals surface area contributed by atoms with Gasteiger partial charge in [0.05, 0.1) is 4.90 Å². The zero-order valence-corrected chi connectivity index (χ0v) is 18.0. The molecule has 31 heavy (non-hydrogen) atoms. The van der Waals surface area contributed by atoms with Crippen LogP contribution in [-0.2, 0) is 19.6 Å². The van der Waals surface area contributed by atoms with Crippen molar-refractivity contribution in [2.24, 2.45) is 4.99 Å². The average molecular weight is 442 g/mol. The molecule has 0 amide bonds. The van der Waals surface area contributed by atoms with Gasteiger partial charge in [0.1, 0.15) is 13.2 Å². The van der Waals surface area contributed by atoms with E-state index in [1.165, 1.54) is 16.4 Å². The number of fused-ring (bicyclic) bond motifs is 1. The van der Waals surface area contributed by atoms with Gasteiger partial charge in [0.2, 0.25) is 15.9 Å². The van der Waals surface area contributed by atoms with Crippen LogP contribution in [0.25, 0.3) is 6.08 Å². The molecule has 0 atom stereocenters. The van der Waals surface area contributed by atoms with Crippen LogP contribution in [0, 0.1) is 0 Å². The van der Waals surface area contributed by atoms with Gasteiger partial charge >= 0.3 is 5.97 Å². The molecule has 0 unspecified atom stereocenters. The molecule has 4 rings (SSSR count). The lowest BCUT2D eigenvalue weighted by molar-refractivity contribution is -0.129. The summed E-state index contributed by atoms with van der Waals surface area (Å²) in [4.78, 5) is 16.7. The molecule has 2 aliphatic heterocycles. The highest BCUT2D eigenvalue weighted by atomic mass is 32.2. The minimum atomic E-state index is -3.56. The maximum absolute atomic E-state index is 12.6. The SMILES string of the molecule is CCN(CC)S(=O)(=O)c1ccc(C2=N/C(=C\c3ccc4c(c3)OCCO4)C(=O)O2)cc1. The first kappa shape index (κ1) is 21.1. The standard InChI is InChI=1S/C22H22N2O6S/c1-3-24(4-2)31(26,27)17-8-6-16(7-9-17)21-23-18(22(25)30-21)13-15-5-10-19-20(14-15)29-12-11-28-19/h5-10,13-14H,3-4,11-12H2,1-2H3/b18-13-. The fourth-order valence-corrected chi connectivity index (χ4v) is 4.78. The Hall–Kier alpha value is -3.17. The molecular formula is C22H22N2O6S. The van der Waals surface area contributed by atoms with E-state index < -0.39 is 16.0 Å². The summed E-state index contributed by atoms with van der Waals surface area (Å²) < 4.78 is 43.0. The van der Waals surface area contributed by atoms with Gasteiger partial charge < -0.3 is 14.2 Å². The second-order valence-electron chi connectivity index (χ2n) is 6.85.